The van der Waals surface area contributed by atoms with Crippen molar-refractivity contribution in [3.63, 3.8) is 0 Å². The van der Waals surface area contributed by atoms with Gasteiger partial charge in [-0.2, -0.15) is 4.98 Å². The van der Waals surface area contributed by atoms with E-state index in [1.165, 1.54) is 0 Å². The van der Waals surface area contributed by atoms with Crippen LogP contribution < -0.4 is 5.56 Å². The fourth-order valence-corrected chi connectivity index (χ4v) is 1.38. The maximum Gasteiger partial charge on any atom is 0.270 e. The number of aromatic hydroxyl groups is 2. The van der Waals surface area contributed by atoms with E-state index in [0.717, 1.165) is 30.5 Å². The number of hydrogen-bond acceptors (Lipinski definition) is 7. The van der Waals surface area contributed by atoms with Crippen LogP contribution >= 0.6 is 0 Å². The highest BCUT2D eigenvalue weighted by molar-refractivity contribution is 5.85. The van der Waals surface area contributed by atoms with Gasteiger partial charge in [0.25, 0.3) is 11.2 Å². The third-order valence-electron chi connectivity index (χ3n) is 2.26. The van der Waals surface area contributed by atoms with E-state index < -0.39 is 16.4 Å². The number of phenolic OH excluding ortho intramolecular Hbond substituents is 1. The van der Waals surface area contributed by atoms with Gasteiger partial charge in [-0.15, -0.1) is 0 Å². The van der Waals surface area contributed by atoms with Gasteiger partial charge >= 0.3 is 0 Å². The Balaban J connectivity index is 2.38. The SMILES string of the molecule is O=c1cc(O)nc(N=Cc2cc([N+](=O)[O-])ccc2O)[nH]1. The van der Waals surface area contributed by atoms with Crippen LogP contribution in [-0.2, 0) is 0 Å². The highest BCUT2D eigenvalue weighted by Gasteiger charge is 2.08. The molecule has 20 heavy (non-hydrogen) atoms. The predicted molar refractivity (Wildman–Crippen MR) is 68.5 cm³/mol. The van der Waals surface area contributed by atoms with Gasteiger partial charge in [0.05, 0.1) is 11.0 Å². The van der Waals surface area contributed by atoms with Gasteiger partial charge in [0.15, 0.2) is 0 Å². The van der Waals surface area contributed by atoms with Crippen molar-refractivity contribution in [1.29, 1.82) is 0 Å². The molecule has 1 aromatic carbocycles. The summed E-state index contributed by atoms with van der Waals surface area (Å²) in [5.41, 5.74) is -0.750. The first-order chi connectivity index (χ1) is 9.45. The number of nitro groups is 1. The minimum Gasteiger partial charge on any atom is -0.507 e. The molecule has 9 nitrogen and oxygen atoms in total. The van der Waals surface area contributed by atoms with Gasteiger partial charge in [-0.1, -0.05) is 0 Å². The summed E-state index contributed by atoms with van der Waals surface area (Å²) in [6.07, 6.45) is 1.08. The van der Waals surface area contributed by atoms with E-state index >= 15 is 0 Å². The average molecular weight is 276 g/mol. The monoisotopic (exact) mass is 276 g/mol. The lowest BCUT2D eigenvalue weighted by molar-refractivity contribution is -0.384. The van der Waals surface area contributed by atoms with Gasteiger partial charge in [-0.05, 0) is 6.07 Å². The van der Waals surface area contributed by atoms with Gasteiger partial charge in [-0.3, -0.25) is 19.9 Å². The molecule has 9 heteroatoms. The highest BCUT2D eigenvalue weighted by atomic mass is 16.6. The number of aromatic amines is 1. The number of hydrogen-bond donors (Lipinski definition) is 3. The van der Waals surface area contributed by atoms with Gasteiger partial charge in [0.1, 0.15) is 5.75 Å². The van der Waals surface area contributed by atoms with Crippen molar-refractivity contribution in [2.24, 2.45) is 4.99 Å². The summed E-state index contributed by atoms with van der Waals surface area (Å²) in [4.78, 5) is 30.5. The number of nitro benzene ring substituents is 1. The van der Waals surface area contributed by atoms with Crippen molar-refractivity contribution >= 4 is 17.9 Å². The van der Waals surface area contributed by atoms with Crippen LogP contribution in [0.25, 0.3) is 0 Å². The molecule has 0 atom stereocenters. The molecule has 0 saturated heterocycles. The Morgan fingerprint density at radius 2 is 2.10 bits per heavy atom. The molecule has 0 aliphatic heterocycles. The van der Waals surface area contributed by atoms with Crippen LogP contribution in [0, 0.1) is 10.1 Å². The van der Waals surface area contributed by atoms with Gasteiger partial charge in [0, 0.05) is 23.9 Å². The molecule has 0 saturated carbocycles. The van der Waals surface area contributed by atoms with Crippen LogP contribution in [0.3, 0.4) is 0 Å². The maximum atomic E-state index is 11.1. The quantitative estimate of drug-likeness (QED) is 0.430. The molecule has 0 fully saturated rings. The molecule has 0 spiro atoms. The Morgan fingerprint density at radius 1 is 1.35 bits per heavy atom. The fraction of sp³-hybridized carbons (Fsp3) is 0. The lowest BCUT2D eigenvalue weighted by Crippen LogP contribution is -2.03. The van der Waals surface area contributed by atoms with E-state index in [2.05, 4.69) is 15.0 Å². The first kappa shape index (κ1) is 13.2. The van der Waals surface area contributed by atoms with Gasteiger partial charge in [-0.25, -0.2) is 4.99 Å². The number of benzene rings is 1. The highest BCUT2D eigenvalue weighted by Crippen LogP contribution is 2.21. The fourth-order valence-electron chi connectivity index (χ4n) is 1.38. The molecule has 0 bridgehead atoms. The van der Waals surface area contributed by atoms with Crippen molar-refractivity contribution in [2.45, 2.75) is 0 Å². The summed E-state index contributed by atoms with van der Waals surface area (Å²) >= 11 is 0. The van der Waals surface area contributed by atoms with E-state index in [4.69, 9.17) is 5.11 Å². The normalized spacial score (nSPS) is 10.8. The van der Waals surface area contributed by atoms with E-state index in [9.17, 15) is 20.0 Å². The largest absolute Gasteiger partial charge is 0.507 e. The summed E-state index contributed by atoms with van der Waals surface area (Å²) in [6.45, 7) is 0. The Labute approximate surface area is 111 Å². The molecule has 102 valence electrons. The zero-order valence-electron chi connectivity index (χ0n) is 9.85. The number of nitrogens with zero attached hydrogens (tertiary/aromatic N) is 3. The number of nitrogens with one attached hydrogen (secondary N) is 1. The minimum atomic E-state index is -0.620. The second-order valence-electron chi connectivity index (χ2n) is 3.69. The summed E-state index contributed by atoms with van der Waals surface area (Å²) in [6, 6.07) is 4.27. The van der Waals surface area contributed by atoms with Crippen LogP contribution in [0.4, 0.5) is 11.6 Å². The number of rotatable bonds is 3. The Bertz CT molecular complexity index is 753. The molecule has 1 aromatic heterocycles. The predicted octanol–water partition coefficient (Wildman–Crippen LogP) is 0.840. The molecule has 3 N–H and O–H groups in total. The molecule has 0 unspecified atom stereocenters. The van der Waals surface area contributed by atoms with Crippen LogP contribution in [0.5, 0.6) is 11.6 Å². The van der Waals surface area contributed by atoms with E-state index in [1.807, 2.05) is 0 Å². The van der Waals surface area contributed by atoms with Gasteiger partial charge in [0.2, 0.25) is 11.8 Å². The third-order valence-corrected chi connectivity index (χ3v) is 2.26. The molecule has 0 radical (unpaired) electrons. The number of H-pyrrole nitrogens is 1. The van der Waals surface area contributed by atoms with E-state index in [1.54, 1.807) is 0 Å². The van der Waals surface area contributed by atoms with Crippen molar-refractivity contribution in [1.82, 2.24) is 9.97 Å². The number of phenols is 1. The van der Waals surface area contributed by atoms with E-state index in [-0.39, 0.29) is 22.9 Å². The first-order valence-electron chi connectivity index (χ1n) is 5.27. The molecule has 2 rings (SSSR count). The molecule has 0 amide bonds. The first-order valence-corrected chi connectivity index (χ1v) is 5.27. The third kappa shape index (κ3) is 2.96. The molecule has 0 aliphatic rings. The average Bonchev–Trinajstić information content (AvgIpc) is 2.36. The van der Waals surface area contributed by atoms with Crippen molar-refractivity contribution in [3.8, 4) is 11.6 Å². The minimum absolute atomic E-state index is 0.0743. The maximum absolute atomic E-state index is 11.1. The van der Waals surface area contributed by atoms with Crippen LogP contribution in [0.1, 0.15) is 5.56 Å². The van der Waals surface area contributed by atoms with Crippen LogP contribution in [0.15, 0.2) is 34.1 Å². The van der Waals surface area contributed by atoms with Crippen molar-refractivity contribution < 1.29 is 15.1 Å². The topological polar surface area (TPSA) is 142 Å². The lowest BCUT2D eigenvalue weighted by Gasteiger charge is -1.98. The second-order valence-corrected chi connectivity index (χ2v) is 3.69. The second kappa shape index (κ2) is 5.18. The molecular weight excluding hydrogens is 268 g/mol. The number of aromatic nitrogens is 2. The van der Waals surface area contributed by atoms with E-state index in [0.29, 0.717) is 0 Å². The molecular formula is C11H8N4O5. The standard InChI is InChI=1S/C11H8N4O5/c16-8-2-1-7(15(19)20)3-6(8)5-12-11-13-9(17)4-10(18)14-11/h1-5,16H,(H2,13,14,17,18). The Morgan fingerprint density at radius 3 is 2.75 bits per heavy atom. The zero-order chi connectivity index (χ0) is 14.7. The Hall–Kier alpha value is -3.23. The zero-order valence-corrected chi connectivity index (χ0v) is 9.85. The summed E-state index contributed by atoms with van der Waals surface area (Å²) < 4.78 is 0. The van der Waals surface area contributed by atoms with Crippen LogP contribution in [-0.4, -0.2) is 31.3 Å². The van der Waals surface area contributed by atoms with Crippen molar-refractivity contribution in [2.75, 3.05) is 0 Å². The van der Waals surface area contributed by atoms with Gasteiger partial charge < -0.3 is 10.2 Å². The smallest absolute Gasteiger partial charge is 0.270 e. The Kier molecular flexibility index (Phi) is 3.42. The summed E-state index contributed by atoms with van der Waals surface area (Å²) in [7, 11) is 0. The molecule has 0 aliphatic carbocycles. The number of non-ortho nitro benzene ring substituents is 1. The summed E-state index contributed by atoms with van der Waals surface area (Å²) in [5.74, 6) is -0.924. The molecule has 2 aromatic rings. The van der Waals surface area contributed by atoms with Crippen LogP contribution in [0.2, 0.25) is 0 Å². The molecule has 1 heterocycles. The summed E-state index contributed by atoms with van der Waals surface area (Å²) in [5, 5.41) is 29.3. The number of aliphatic imine (C=N–C) groups is 1. The lowest BCUT2D eigenvalue weighted by atomic mass is 10.2. The van der Waals surface area contributed by atoms with Crippen molar-refractivity contribution in [3.05, 3.63) is 50.3 Å².